The summed E-state index contributed by atoms with van der Waals surface area (Å²) in [4.78, 5) is 15.4. The van der Waals surface area contributed by atoms with Crippen molar-refractivity contribution in [1.29, 1.82) is 0 Å². The molecule has 3 saturated heterocycles. The minimum Gasteiger partial charge on any atom is -0.381 e. The van der Waals surface area contributed by atoms with Crippen molar-refractivity contribution in [3.63, 3.8) is 0 Å². The van der Waals surface area contributed by atoms with Crippen LogP contribution in [0, 0.1) is 11.8 Å². The van der Waals surface area contributed by atoms with Gasteiger partial charge in [-0.2, -0.15) is 0 Å². The lowest BCUT2D eigenvalue weighted by molar-refractivity contribution is -0.127. The second-order valence-electron chi connectivity index (χ2n) is 8.10. The number of amides is 1. The number of rotatable bonds is 5. The first-order chi connectivity index (χ1) is 13.3. The van der Waals surface area contributed by atoms with Crippen LogP contribution in [0.2, 0.25) is 0 Å². The number of likely N-dealkylation sites (tertiary alicyclic amines) is 1. The summed E-state index contributed by atoms with van der Waals surface area (Å²) in [6, 6.07) is 11.3. The van der Waals surface area contributed by atoms with Gasteiger partial charge in [-0.05, 0) is 37.8 Å². The van der Waals surface area contributed by atoms with Gasteiger partial charge in [0.25, 0.3) is 0 Å². The Hall–Kier alpha value is -1.47. The third-order valence-corrected chi connectivity index (χ3v) is 6.32. The Kier molecular flexibility index (Phi) is 6.39. The van der Waals surface area contributed by atoms with E-state index in [0.717, 1.165) is 58.5 Å². The van der Waals surface area contributed by atoms with Gasteiger partial charge in [-0.1, -0.05) is 30.3 Å². The van der Waals surface area contributed by atoms with Gasteiger partial charge < -0.3 is 10.1 Å². The van der Waals surface area contributed by atoms with E-state index in [9.17, 15) is 4.79 Å². The number of carbonyl (C=O) groups is 1. The fourth-order valence-electron chi connectivity index (χ4n) is 4.72. The maximum absolute atomic E-state index is 12.8. The summed E-state index contributed by atoms with van der Waals surface area (Å²) in [5.74, 6) is 0.719. The highest BCUT2D eigenvalue weighted by Gasteiger charge is 2.32. The zero-order valence-corrected chi connectivity index (χ0v) is 16.0. The van der Waals surface area contributed by atoms with Crippen LogP contribution in [0.25, 0.3) is 0 Å². The van der Waals surface area contributed by atoms with E-state index in [4.69, 9.17) is 4.74 Å². The van der Waals surface area contributed by atoms with Gasteiger partial charge in [-0.25, -0.2) is 5.43 Å². The SMILES string of the molecule is O=C(NCC1CNNC1c1ccccc1)C1CCCN(C2CCOCC2)C1. The molecule has 6 nitrogen and oxygen atoms in total. The fraction of sp³-hybridized carbons (Fsp3) is 0.667. The third kappa shape index (κ3) is 4.69. The monoisotopic (exact) mass is 372 g/mol. The van der Waals surface area contributed by atoms with Crippen LogP contribution in [0.15, 0.2) is 30.3 Å². The molecule has 6 heteroatoms. The summed E-state index contributed by atoms with van der Waals surface area (Å²) in [5, 5.41) is 3.25. The van der Waals surface area contributed by atoms with Crippen LogP contribution in [-0.2, 0) is 9.53 Å². The molecule has 3 aliphatic heterocycles. The van der Waals surface area contributed by atoms with E-state index in [-0.39, 0.29) is 17.9 Å². The molecular weight excluding hydrogens is 340 g/mol. The van der Waals surface area contributed by atoms with E-state index >= 15 is 0 Å². The van der Waals surface area contributed by atoms with E-state index in [1.54, 1.807) is 0 Å². The molecule has 4 rings (SSSR count). The summed E-state index contributed by atoms with van der Waals surface area (Å²) in [5.41, 5.74) is 7.88. The van der Waals surface area contributed by atoms with Crippen molar-refractivity contribution in [3.05, 3.63) is 35.9 Å². The van der Waals surface area contributed by atoms with Crippen LogP contribution in [0.5, 0.6) is 0 Å². The highest BCUT2D eigenvalue weighted by Crippen LogP contribution is 2.25. The summed E-state index contributed by atoms with van der Waals surface area (Å²) in [6.07, 6.45) is 4.34. The molecule has 0 radical (unpaired) electrons. The molecule has 0 aliphatic carbocycles. The molecule has 1 aromatic carbocycles. The van der Waals surface area contributed by atoms with Gasteiger partial charge in [0.15, 0.2) is 0 Å². The predicted molar refractivity (Wildman–Crippen MR) is 105 cm³/mol. The molecule has 3 heterocycles. The normalized spacial score (nSPS) is 30.3. The highest BCUT2D eigenvalue weighted by molar-refractivity contribution is 5.79. The van der Waals surface area contributed by atoms with E-state index in [2.05, 4.69) is 45.3 Å². The lowest BCUT2D eigenvalue weighted by Crippen LogP contribution is -2.49. The zero-order chi connectivity index (χ0) is 18.5. The van der Waals surface area contributed by atoms with Crippen molar-refractivity contribution in [2.75, 3.05) is 39.4 Å². The molecule has 0 aromatic heterocycles. The number of nitrogens with one attached hydrogen (secondary N) is 3. The Bertz CT molecular complexity index is 605. The quantitative estimate of drug-likeness (QED) is 0.730. The van der Waals surface area contributed by atoms with Gasteiger partial charge in [0.2, 0.25) is 5.91 Å². The first-order valence-electron chi connectivity index (χ1n) is 10.4. The van der Waals surface area contributed by atoms with Crippen molar-refractivity contribution < 1.29 is 9.53 Å². The number of benzene rings is 1. The second-order valence-corrected chi connectivity index (χ2v) is 8.10. The molecule has 0 spiro atoms. The minimum absolute atomic E-state index is 0.124. The molecule has 3 N–H and O–H groups in total. The summed E-state index contributed by atoms with van der Waals surface area (Å²) >= 11 is 0. The number of carbonyl (C=O) groups excluding carboxylic acids is 1. The van der Waals surface area contributed by atoms with Gasteiger partial charge in [0.1, 0.15) is 0 Å². The molecule has 0 saturated carbocycles. The van der Waals surface area contributed by atoms with Crippen LogP contribution in [0.3, 0.4) is 0 Å². The van der Waals surface area contributed by atoms with Gasteiger partial charge in [0.05, 0.1) is 12.0 Å². The fourth-order valence-corrected chi connectivity index (χ4v) is 4.72. The van der Waals surface area contributed by atoms with E-state index < -0.39 is 0 Å². The topological polar surface area (TPSA) is 65.6 Å². The number of hydrogen-bond acceptors (Lipinski definition) is 5. The highest BCUT2D eigenvalue weighted by atomic mass is 16.5. The third-order valence-electron chi connectivity index (χ3n) is 6.32. The van der Waals surface area contributed by atoms with Gasteiger partial charge >= 0.3 is 0 Å². The van der Waals surface area contributed by atoms with Crippen LogP contribution >= 0.6 is 0 Å². The Morgan fingerprint density at radius 2 is 2.00 bits per heavy atom. The van der Waals surface area contributed by atoms with Gasteiger partial charge in [0, 0.05) is 44.8 Å². The molecule has 3 fully saturated rings. The lowest BCUT2D eigenvalue weighted by atomic mass is 9.92. The zero-order valence-electron chi connectivity index (χ0n) is 16.0. The predicted octanol–water partition coefficient (Wildman–Crippen LogP) is 1.46. The van der Waals surface area contributed by atoms with Crippen LogP contribution in [-0.4, -0.2) is 56.2 Å². The summed E-state index contributed by atoms with van der Waals surface area (Å²) in [6.45, 7) is 5.34. The molecule has 0 bridgehead atoms. The standard InChI is InChI=1S/C21H32N4O2/c26-21(17-7-4-10-25(15-17)19-8-11-27-12-9-19)22-13-18-14-23-24-20(18)16-5-2-1-3-6-16/h1-3,5-6,17-20,23-24H,4,7-15H2,(H,22,26). The molecule has 148 valence electrons. The van der Waals surface area contributed by atoms with Gasteiger partial charge in [-0.3, -0.25) is 15.1 Å². The van der Waals surface area contributed by atoms with Crippen LogP contribution in [0.1, 0.15) is 37.3 Å². The Balaban J connectivity index is 1.28. The van der Waals surface area contributed by atoms with E-state index in [1.165, 1.54) is 5.56 Å². The second kappa shape index (κ2) is 9.15. The summed E-state index contributed by atoms with van der Waals surface area (Å²) < 4.78 is 5.49. The molecule has 3 unspecified atom stereocenters. The van der Waals surface area contributed by atoms with E-state index in [0.29, 0.717) is 18.5 Å². The van der Waals surface area contributed by atoms with Crippen molar-refractivity contribution in [2.24, 2.45) is 11.8 Å². The Labute approximate surface area is 162 Å². The average molecular weight is 373 g/mol. The van der Waals surface area contributed by atoms with E-state index in [1.807, 2.05) is 6.07 Å². The first kappa shape index (κ1) is 18.9. The lowest BCUT2D eigenvalue weighted by Gasteiger charge is -2.39. The number of nitrogens with zero attached hydrogens (tertiary/aromatic N) is 1. The maximum atomic E-state index is 12.8. The molecular formula is C21H32N4O2. The first-order valence-corrected chi connectivity index (χ1v) is 10.4. The Morgan fingerprint density at radius 3 is 2.81 bits per heavy atom. The molecule has 3 atom stereocenters. The van der Waals surface area contributed by atoms with Gasteiger partial charge in [-0.15, -0.1) is 0 Å². The minimum atomic E-state index is 0.124. The van der Waals surface area contributed by atoms with Crippen molar-refractivity contribution >= 4 is 5.91 Å². The number of ether oxygens (including phenoxy) is 1. The molecule has 1 aromatic rings. The summed E-state index contributed by atoms with van der Waals surface area (Å²) in [7, 11) is 0. The van der Waals surface area contributed by atoms with Crippen LogP contribution in [0.4, 0.5) is 0 Å². The van der Waals surface area contributed by atoms with Crippen molar-refractivity contribution in [1.82, 2.24) is 21.1 Å². The van der Waals surface area contributed by atoms with Crippen molar-refractivity contribution in [3.8, 4) is 0 Å². The Morgan fingerprint density at radius 1 is 1.19 bits per heavy atom. The molecule has 3 aliphatic rings. The van der Waals surface area contributed by atoms with Crippen molar-refractivity contribution in [2.45, 2.75) is 37.8 Å². The van der Waals surface area contributed by atoms with Crippen LogP contribution < -0.4 is 16.2 Å². The molecule has 1 amide bonds. The smallest absolute Gasteiger partial charge is 0.224 e. The largest absolute Gasteiger partial charge is 0.381 e. The number of piperidine rings is 1. The number of hydrazine groups is 1. The molecule has 27 heavy (non-hydrogen) atoms. The average Bonchev–Trinajstić information content (AvgIpc) is 3.22. The maximum Gasteiger partial charge on any atom is 0.224 e. The number of hydrogen-bond donors (Lipinski definition) is 3.